The quantitative estimate of drug-likeness (QED) is 0.454. The van der Waals surface area contributed by atoms with Crippen LogP contribution in [0.3, 0.4) is 0 Å². The van der Waals surface area contributed by atoms with Gasteiger partial charge < -0.3 is 14.5 Å². The highest BCUT2D eigenvalue weighted by molar-refractivity contribution is 7.09. The molecule has 4 rings (SSSR count). The summed E-state index contributed by atoms with van der Waals surface area (Å²) in [5, 5.41) is 5.89. The van der Waals surface area contributed by atoms with Crippen molar-refractivity contribution < 1.29 is 9.53 Å². The topological polar surface area (TPSA) is 68.5 Å². The molecule has 0 spiro atoms. The van der Waals surface area contributed by atoms with Crippen molar-refractivity contribution in [1.82, 2.24) is 19.7 Å². The van der Waals surface area contributed by atoms with Gasteiger partial charge in [-0.05, 0) is 49.2 Å². The summed E-state index contributed by atoms with van der Waals surface area (Å²) >= 11 is 1.61. The third-order valence-corrected chi connectivity index (χ3v) is 5.33. The van der Waals surface area contributed by atoms with E-state index in [1.807, 2.05) is 72.4 Å². The van der Waals surface area contributed by atoms with Crippen LogP contribution in [-0.2, 0) is 17.9 Å². The lowest BCUT2D eigenvalue weighted by Gasteiger charge is -2.05. The van der Waals surface area contributed by atoms with Gasteiger partial charge in [0.15, 0.2) is 0 Å². The molecule has 0 radical (unpaired) electrons. The lowest BCUT2D eigenvalue weighted by atomic mass is 10.2. The fraction of sp³-hybridized carbons (Fsp3) is 0.174. The first-order chi connectivity index (χ1) is 14.6. The molecule has 0 aliphatic heterocycles. The van der Waals surface area contributed by atoms with E-state index in [-0.39, 0.29) is 5.91 Å². The first-order valence-electron chi connectivity index (χ1n) is 9.60. The maximum Gasteiger partial charge on any atom is 0.244 e. The van der Waals surface area contributed by atoms with Crippen molar-refractivity contribution >= 4 is 29.0 Å². The zero-order valence-electron chi connectivity index (χ0n) is 16.8. The van der Waals surface area contributed by atoms with Crippen molar-refractivity contribution in [1.29, 1.82) is 0 Å². The molecule has 0 saturated carbocycles. The minimum atomic E-state index is -0.173. The number of ether oxygens (including phenoxy) is 1. The molecule has 1 aromatic carbocycles. The second-order valence-electron chi connectivity index (χ2n) is 6.92. The van der Waals surface area contributed by atoms with Crippen molar-refractivity contribution in [3.8, 4) is 5.75 Å². The monoisotopic (exact) mass is 418 g/mol. The molecule has 1 amide bonds. The lowest BCUT2D eigenvalue weighted by molar-refractivity contribution is -0.116. The minimum Gasteiger partial charge on any atom is -0.487 e. The molecule has 0 fully saturated rings. The number of pyridine rings is 1. The van der Waals surface area contributed by atoms with E-state index in [0.717, 1.165) is 38.9 Å². The molecule has 7 heteroatoms. The van der Waals surface area contributed by atoms with E-state index in [0.29, 0.717) is 13.2 Å². The molecule has 152 valence electrons. The Morgan fingerprint density at radius 3 is 2.90 bits per heavy atom. The first kappa shape index (κ1) is 19.8. The van der Waals surface area contributed by atoms with Gasteiger partial charge in [-0.2, -0.15) is 0 Å². The number of aromatic nitrogens is 3. The fourth-order valence-corrected chi connectivity index (χ4v) is 3.64. The van der Waals surface area contributed by atoms with Crippen LogP contribution in [0.1, 0.15) is 27.5 Å². The van der Waals surface area contributed by atoms with Gasteiger partial charge in [-0.1, -0.05) is 18.2 Å². The number of fused-ring (bicyclic) bond motifs is 1. The van der Waals surface area contributed by atoms with Gasteiger partial charge in [-0.25, -0.2) is 9.97 Å². The van der Waals surface area contributed by atoms with Crippen LogP contribution in [-0.4, -0.2) is 20.3 Å². The SMILES string of the molecule is Cc1nc(COc2cccc(C=CC(=O)NCc3cn4cccc(C)c4n3)c2)cs1. The summed E-state index contributed by atoms with van der Waals surface area (Å²) in [6, 6.07) is 11.6. The van der Waals surface area contributed by atoms with Crippen molar-refractivity contribution in [2.45, 2.75) is 27.0 Å². The fourth-order valence-electron chi connectivity index (χ4n) is 3.04. The van der Waals surface area contributed by atoms with E-state index >= 15 is 0 Å². The lowest BCUT2D eigenvalue weighted by Crippen LogP contribution is -2.20. The third kappa shape index (κ3) is 4.93. The number of thiazole rings is 1. The average Bonchev–Trinajstić information content (AvgIpc) is 3.36. The van der Waals surface area contributed by atoms with Gasteiger partial charge in [0.25, 0.3) is 0 Å². The Balaban J connectivity index is 1.32. The molecule has 3 heterocycles. The number of hydrogen-bond donors (Lipinski definition) is 1. The Labute approximate surface area is 178 Å². The molecule has 0 unspecified atom stereocenters. The van der Waals surface area contributed by atoms with Crippen molar-refractivity contribution in [3.63, 3.8) is 0 Å². The van der Waals surface area contributed by atoms with Crippen LogP contribution in [0.15, 0.2) is 60.2 Å². The number of benzene rings is 1. The second-order valence-corrected chi connectivity index (χ2v) is 7.99. The number of rotatable bonds is 7. The molecule has 1 N–H and O–H groups in total. The molecule has 0 aliphatic carbocycles. The number of carbonyl (C=O) groups excluding carboxylic acids is 1. The van der Waals surface area contributed by atoms with E-state index in [2.05, 4.69) is 15.3 Å². The highest BCUT2D eigenvalue weighted by Crippen LogP contribution is 2.17. The van der Waals surface area contributed by atoms with Crippen molar-refractivity contribution in [2.75, 3.05) is 0 Å². The molecule has 0 bridgehead atoms. The van der Waals surface area contributed by atoms with Crippen molar-refractivity contribution in [2.24, 2.45) is 0 Å². The zero-order valence-corrected chi connectivity index (χ0v) is 17.6. The number of carbonyl (C=O) groups is 1. The summed E-state index contributed by atoms with van der Waals surface area (Å²) in [5.41, 5.74) is 4.63. The smallest absolute Gasteiger partial charge is 0.244 e. The van der Waals surface area contributed by atoms with Crippen LogP contribution in [0.2, 0.25) is 0 Å². The standard InChI is InChI=1S/C23H22N4O2S/c1-16-5-4-10-27-13-19(26-23(16)27)12-24-22(28)9-8-18-6-3-7-21(11-18)29-14-20-15-30-17(2)25-20/h3-11,13,15H,12,14H2,1-2H3,(H,24,28). The van der Waals surface area contributed by atoms with Crippen LogP contribution in [0.25, 0.3) is 11.7 Å². The van der Waals surface area contributed by atoms with Crippen LogP contribution in [0.5, 0.6) is 5.75 Å². The molecule has 30 heavy (non-hydrogen) atoms. The maximum atomic E-state index is 12.2. The van der Waals surface area contributed by atoms with Gasteiger partial charge >= 0.3 is 0 Å². The summed E-state index contributed by atoms with van der Waals surface area (Å²) in [4.78, 5) is 21.2. The zero-order chi connectivity index (χ0) is 20.9. The number of amides is 1. The summed E-state index contributed by atoms with van der Waals surface area (Å²) < 4.78 is 7.76. The van der Waals surface area contributed by atoms with Crippen LogP contribution in [0, 0.1) is 13.8 Å². The largest absolute Gasteiger partial charge is 0.487 e. The van der Waals surface area contributed by atoms with E-state index < -0.39 is 0 Å². The molecule has 3 aromatic heterocycles. The van der Waals surface area contributed by atoms with Crippen molar-refractivity contribution in [3.05, 3.63) is 87.8 Å². The molecule has 0 aliphatic rings. The van der Waals surface area contributed by atoms with E-state index in [4.69, 9.17) is 4.74 Å². The highest BCUT2D eigenvalue weighted by atomic mass is 32.1. The molecule has 6 nitrogen and oxygen atoms in total. The molecular weight excluding hydrogens is 396 g/mol. The van der Waals surface area contributed by atoms with E-state index in [1.165, 1.54) is 6.08 Å². The summed E-state index contributed by atoms with van der Waals surface area (Å²) in [5.74, 6) is 0.566. The molecule has 0 saturated heterocycles. The number of hydrogen-bond acceptors (Lipinski definition) is 5. The Morgan fingerprint density at radius 2 is 2.10 bits per heavy atom. The van der Waals surface area contributed by atoms with Crippen LogP contribution in [0.4, 0.5) is 0 Å². The third-order valence-electron chi connectivity index (χ3n) is 4.51. The Morgan fingerprint density at radius 1 is 1.20 bits per heavy atom. The minimum absolute atomic E-state index is 0.173. The summed E-state index contributed by atoms with van der Waals surface area (Å²) in [6.45, 7) is 4.79. The van der Waals surface area contributed by atoms with E-state index in [1.54, 1.807) is 17.4 Å². The van der Waals surface area contributed by atoms with E-state index in [9.17, 15) is 4.79 Å². The van der Waals surface area contributed by atoms with Crippen LogP contribution >= 0.6 is 11.3 Å². The van der Waals surface area contributed by atoms with Gasteiger partial charge in [0.05, 0.1) is 22.9 Å². The normalized spacial score (nSPS) is 11.3. The molecular formula is C23H22N4O2S. The van der Waals surface area contributed by atoms with Gasteiger partial charge in [-0.3, -0.25) is 4.79 Å². The predicted molar refractivity (Wildman–Crippen MR) is 118 cm³/mol. The summed E-state index contributed by atoms with van der Waals surface area (Å²) in [7, 11) is 0. The number of imidazole rings is 1. The van der Waals surface area contributed by atoms with Gasteiger partial charge in [0.2, 0.25) is 5.91 Å². The van der Waals surface area contributed by atoms with Gasteiger partial charge in [0.1, 0.15) is 18.0 Å². The summed E-state index contributed by atoms with van der Waals surface area (Å²) in [6.07, 6.45) is 7.16. The molecule has 4 aromatic rings. The highest BCUT2D eigenvalue weighted by Gasteiger charge is 2.05. The average molecular weight is 419 g/mol. The Kier molecular flexibility index (Phi) is 5.90. The molecule has 0 atom stereocenters. The Bertz CT molecular complexity index is 1210. The first-order valence-corrected chi connectivity index (χ1v) is 10.5. The number of nitrogens with zero attached hydrogens (tertiary/aromatic N) is 3. The maximum absolute atomic E-state index is 12.2. The van der Waals surface area contributed by atoms with Crippen LogP contribution < -0.4 is 10.1 Å². The van der Waals surface area contributed by atoms with Gasteiger partial charge in [0, 0.05) is 23.8 Å². The Hall–Kier alpha value is -3.45. The number of aryl methyl sites for hydroxylation is 2. The second kappa shape index (κ2) is 8.92. The number of nitrogens with one attached hydrogen (secondary N) is 1. The predicted octanol–water partition coefficient (Wildman–Crippen LogP) is 4.32. The van der Waals surface area contributed by atoms with Gasteiger partial charge in [-0.15, -0.1) is 11.3 Å².